The highest BCUT2D eigenvalue weighted by Crippen LogP contribution is 2.17. The SMILES string of the molecule is COc1ncc(C(=O)Nc2cccc(CN=S3(=O)CCCC3)c2)cn1. The van der Waals surface area contributed by atoms with Gasteiger partial charge < -0.3 is 10.1 Å². The van der Waals surface area contributed by atoms with E-state index in [9.17, 15) is 9.00 Å². The number of carbonyl (C=O) groups is 1. The molecule has 0 unspecified atom stereocenters. The van der Waals surface area contributed by atoms with Crippen molar-refractivity contribution in [3.63, 3.8) is 0 Å². The van der Waals surface area contributed by atoms with Crippen LogP contribution in [0, 0.1) is 0 Å². The molecule has 1 N–H and O–H groups in total. The topological polar surface area (TPSA) is 93.5 Å². The van der Waals surface area contributed by atoms with Crippen molar-refractivity contribution in [3.05, 3.63) is 47.8 Å². The lowest BCUT2D eigenvalue weighted by Crippen LogP contribution is -2.13. The molecular formula is C17H20N4O3S. The van der Waals surface area contributed by atoms with Crippen molar-refractivity contribution in [1.82, 2.24) is 9.97 Å². The van der Waals surface area contributed by atoms with Crippen LogP contribution in [0.4, 0.5) is 5.69 Å². The molecule has 7 nitrogen and oxygen atoms in total. The second-order valence-electron chi connectivity index (χ2n) is 5.79. The van der Waals surface area contributed by atoms with Crippen molar-refractivity contribution in [2.24, 2.45) is 4.36 Å². The van der Waals surface area contributed by atoms with Gasteiger partial charge in [0.25, 0.3) is 5.91 Å². The van der Waals surface area contributed by atoms with Gasteiger partial charge in [0.15, 0.2) is 0 Å². The van der Waals surface area contributed by atoms with Gasteiger partial charge in [-0.3, -0.25) is 4.79 Å². The van der Waals surface area contributed by atoms with E-state index < -0.39 is 9.73 Å². The van der Waals surface area contributed by atoms with E-state index in [1.807, 2.05) is 18.2 Å². The van der Waals surface area contributed by atoms with Gasteiger partial charge in [0.05, 0.1) is 19.2 Å². The first-order valence-electron chi connectivity index (χ1n) is 8.03. The molecular weight excluding hydrogens is 340 g/mol. The minimum Gasteiger partial charge on any atom is -0.467 e. The molecule has 8 heteroatoms. The largest absolute Gasteiger partial charge is 0.467 e. The smallest absolute Gasteiger partial charge is 0.316 e. The summed E-state index contributed by atoms with van der Waals surface area (Å²) in [6.07, 6.45) is 4.79. The predicted octanol–water partition coefficient (Wildman–Crippen LogP) is 2.50. The second-order valence-corrected chi connectivity index (χ2v) is 8.41. The quantitative estimate of drug-likeness (QED) is 0.884. The highest BCUT2D eigenvalue weighted by Gasteiger charge is 2.15. The average molecular weight is 360 g/mol. The summed E-state index contributed by atoms with van der Waals surface area (Å²) >= 11 is 0. The van der Waals surface area contributed by atoms with Crippen molar-refractivity contribution in [2.75, 3.05) is 23.9 Å². The van der Waals surface area contributed by atoms with Crippen LogP contribution in [-0.4, -0.2) is 38.7 Å². The molecule has 0 aliphatic carbocycles. The number of methoxy groups -OCH3 is 1. The number of aromatic nitrogens is 2. The number of nitrogens with one attached hydrogen (secondary N) is 1. The molecule has 3 rings (SSSR count). The van der Waals surface area contributed by atoms with Gasteiger partial charge >= 0.3 is 6.01 Å². The van der Waals surface area contributed by atoms with E-state index in [1.54, 1.807) is 6.07 Å². The summed E-state index contributed by atoms with van der Waals surface area (Å²) in [6.45, 7) is 0.397. The number of rotatable bonds is 5. The Morgan fingerprint density at radius 3 is 2.68 bits per heavy atom. The predicted molar refractivity (Wildman–Crippen MR) is 96.2 cm³/mol. The Hall–Kier alpha value is -2.48. The Bertz CT molecular complexity index is 862. The second kappa shape index (κ2) is 7.60. The third-order valence-electron chi connectivity index (χ3n) is 3.92. The fraction of sp³-hybridized carbons (Fsp3) is 0.353. The lowest BCUT2D eigenvalue weighted by molar-refractivity contribution is 0.102. The normalized spacial score (nSPS) is 15.6. The van der Waals surface area contributed by atoms with Gasteiger partial charge in [-0.05, 0) is 30.5 Å². The molecule has 1 aromatic heterocycles. The van der Waals surface area contributed by atoms with Crippen molar-refractivity contribution in [2.45, 2.75) is 19.4 Å². The maximum atomic E-state index is 12.4. The number of benzene rings is 1. The summed E-state index contributed by atoms with van der Waals surface area (Å²) in [7, 11) is -0.565. The zero-order chi connectivity index (χ0) is 17.7. The number of carbonyl (C=O) groups excluding carboxylic acids is 1. The molecule has 25 heavy (non-hydrogen) atoms. The Labute approximate surface area is 147 Å². The van der Waals surface area contributed by atoms with Crippen LogP contribution in [0.3, 0.4) is 0 Å². The van der Waals surface area contributed by atoms with Crippen LogP contribution in [-0.2, 0) is 16.3 Å². The standard InChI is InChI=1S/C17H20N4O3S/c1-24-17-18-11-14(12-19-17)16(22)21-15-6-4-5-13(9-15)10-20-25(23)7-2-3-8-25/h4-6,9,11-12H,2-3,7-8,10H2,1H3,(H,21,22). The summed E-state index contributed by atoms with van der Waals surface area (Å²) in [6, 6.07) is 7.59. The fourth-order valence-electron chi connectivity index (χ4n) is 2.57. The van der Waals surface area contributed by atoms with Gasteiger partial charge in [-0.2, -0.15) is 0 Å². The maximum Gasteiger partial charge on any atom is 0.316 e. The van der Waals surface area contributed by atoms with Gasteiger partial charge in [-0.25, -0.2) is 18.5 Å². The number of anilines is 1. The first kappa shape index (κ1) is 17.3. The van der Waals surface area contributed by atoms with E-state index >= 15 is 0 Å². The summed E-state index contributed by atoms with van der Waals surface area (Å²) in [5.41, 5.74) is 1.90. The number of nitrogens with zero attached hydrogens (tertiary/aromatic N) is 3. The van der Waals surface area contributed by atoms with Crippen molar-refractivity contribution < 1.29 is 13.7 Å². The monoisotopic (exact) mass is 360 g/mol. The molecule has 2 heterocycles. The van der Waals surface area contributed by atoms with Crippen molar-refractivity contribution in [3.8, 4) is 6.01 Å². The van der Waals surface area contributed by atoms with Gasteiger partial charge in [-0.15, -0.1) is 0 Å². The molecule has 2 aromatic rings. The maximum absolute atomic E-state index is 12.4. The molecule has 132 valence electrons. The van der Waals surface area contributed by atoms with Crippen molar-refractivity contribution in [1.29, 1.82) is 0 Å². The van der Waals surface area contributed by atoms with Crippen LogP contribution in [0.2, 0.25) is 0 Å². The Morgan fingerprint density at radius 2 is 2.00 bits per heavy atom. The van der Waals surface area contributed by atoms with Gasteiger partial charge in [0, 0.05) is 39.3 Å². The Balaban J connectivity index is 1.68. The average Bonchev–Trinajstić information content (AvgIpc) is 3.07. The highest BCUT2D eigenvalue weighted by molar-refractivity contribution is 7.93. The molecule has 0 spiro atoms. The third kappa shape index (κ3) is 4.54. The van der Waals surface area contributed by atoms with Gasteiger partial charge in [0.2, 0.25) is 0 Å². The van der Waals surface area contributed by atoms with Crippen LogP contribution in [0.25, 0.3) is 0 Å². The summed E-state index contributed by atoms with van der Waals surface area (Å²) < 4.78 is 21.7. The molecule has 0 atom stereocenters. The lowest BCUT2D eigenvalue weighted by Gasteiger charge is -2.07. The molecule has 1 fully saturated rings. The summed E-state index contributed by atoms with van der Waals surface area (Å²) in [5.74, 6) is 1.08. The molecule has 1 aromatic carbocycles. The highest BCUT2D eigenvalue weighted by atomic mass is 32.2. The van der Waals surface area contributed by atoms with Crippen molar-refractivity contribution >= 4 is 21.3 Å². The first-order valence-corrected chi connectivity index (χ1v) is 9.88. The minimum absolute atomic E-state index is 0.209. The Morgan fingerprint density at radius 1 is 1.28 bits per heavy atom. The van der Waals surface area contributed by atoms with Crippen LogP contribution >= 0.6 is 0 Å². The molecule has 0 bridgehead atoms. The van der Waals surface area contributed by atoms with E-state index in [2.05, 4.69) is 19.6 Å². The van der Waals surface area contributed by atoms with Gasteiger partial charge in [0.1, 0.15) is 0 Å². The number of hydrogen-bond donors (Lipinski definition) is 1. The summed E-state index contributed by atoms with van der Waals surface area (Å²) in [5, 5.41) is 2.80. The van der Waals surface area contributed by atoms with Crippen LogP contribution in [0.15, 0.2) is 41.0 Å². The number of ether oxygens (including phenoxy) is 1. The van der Waals surface area contributed by atoms with E-state index in [1.165, 1.54) is 19.5 Å². The van der Waals surface area contributed by atoms with Crippen LogP contribution < -0.4 is 10.1 Å². The number of amides is 1. The van der Waals surface area contributed by atoms with E-state index in [0.717, 1.165) is 18.4 Å². The zero-order valence-electron chi connectivity index (χ0n) is 14.0. The summed E-state index contributed by atoms with van der Waals surface area (Å²) in [4.78, 5) is 20.1. The molecule has 0 saturated carbocycles. The van der Waals surface area contributed by atoms with E-state index in [0.29, 0.717) is 29.3 Å². The number of hydrogen-bond acceptors (Lipinski definition) is 6. The molecule has 1 amide bonds. The molecule has 1 aliphatic heterocycles. The first-order chi connectivity index (χ1) is 12.1. The fourth-order valence-corrected chi connectivity index (χ4v) is 4.73. The minimum atomic E-state index is -2.03. The zero-order valence-corrected chi connectivity index (χ0v) is 14.8. The van der Waals surface area contributed by atoms with Gasteiger partial charge in [-0.1, -0.05) is 12.1 Å². The molecule has 0 radical (unpaired) electrons. The Kier molecular flexibility index (Phi) is 5.28. The van der Waals surface area contributed by atoms with Crippen LogP contribution in [0.1, 0.15) is 28.8 Å². The third-order valence-corrected chi connectivity index (χ3v) is 6.37. The van der Waals surface area contributed by atoms with E-state index in [4.69, 9.17) is 4.74 Å². The van der Waals surface area contributed by atoms with E-state index in [-0.39, 0.29) is 11.9 Å². The molecule has 1 aliphatic rings. The molecule has 1 saturated heterocycles. The van der Waals surface area contributed by atoms with Crippen LogP contribution in [0.5, 0.6) is 6.01 Å². The lowest BCUT2D eigenvalue weighted by atomic mass is 10.2.